The lowest BCUT2D eigenvalue weighted by atomic mass is 9.90. The number of allylic oxidation sites excluding steroid dienone is 2. The Kier molecular flexibility index (Phi) is 26.7. The van der Waals surface area contributed by atoms with Crippen LogP contribution >= 0.6 is 0 Å². The second kappa shape index (κ2) is 31.4. The molecule has 2 aliphatic rings. The monoisotopic (exact) mass is 1040 g/mol. The van der Waals surface area contributed by atoms with Crippen LogP contribution in [0.2, 0.25) is 0 Å². The molecule has 414 valence electrons. The molecule has 3 N–H and O–H groups in total. The summed E-state index contributed by atoms with van der Waals surface area (Å²) in [6, 6.07) is 7.04. The van der Waals surface area contributed by atoms with Crippen molar-refractivity contribution in [1.82, 2.24) is 35.6 Å². The number of rotatable bonds is 32. The molecule has 18 nitrogen and oxygen atoms in total. The molecule has 1 saturated carbocycles. The normalized spacial score (nSPS) is 19.3. The molecule has 0 aromatic heterocycles. The number of imide groups is 1. The summed E-state index contributed by atoms with van der Waals surface area (Å²) in [7, 11) is 7.95. The maximum Gasteiger partial charge on any atom is 0.328 e. The number of carbonyl (C=O) groups is 8. The standard InChI is InChI=1S/C56H89N7O11/c1-14-37(5)52(46(72-11)33-49(67)63-30-22-25-45(63)53(73-12)39(7)54(69)59-44(56(71)74-13)31-41-23-18-16-19-24-41)61(10)50(68)34-57-55(70)51(36(3)4)60(9)35-43-32-42(43)28-27-38(6)58-47(65)26-20-17-21-29-62(40(8)64)48(66)15-2/h15-16,18-19,23-24,27,36-37,39,42-46,51-53H,2,14,17,20-22,25-26,28-35H2,1,3-13H3,(H,57,70)(H,58,65)(H,59,69)/b38-27+/t37-,39+,42?,43?,44-,45?,46+,51?,52?,53?/m0/s1. The van der Waals surface area contributed by atoms with E-state index in [1.165, 1.54) is 28.3 Å². The van der Waals surface area contributed by atoms with E-state index in [2.05, 4.69) is 27.4 Å². The number of hydrogen-bond acceptors (Lipinski definition) is 12. The van der Waals surface area contributed by atoms with Gasteiger partial charge in [0.05, 0.1) is 56.3 Å². The predicted octanol–water partition coefficient (Wildman–Crippen LogP) is 5.05. The molecule has 1 saturated heterocycles. The Morgan fingerprint density at radius 2 is 1.59 bits per heavy atom. The number of esters is 1. The fraction of sp³-hybridized carbons (Fsp3) is 0.679. The first kappa shape index (κ1) is 62.8. The Hall–Kier alpha value is -5.46. The predicted molar refractivity (Wildman–Crippen MR) is 284 cm³/mol. The van der Waals surface area contributed by atoms with Crippen molar-refractivity contribution in [2.75, 3.05) is 61.6 Å². The van der Waals surface area contributed by atoms with Crippen LogP contribution in [-0.2, 0) is 59.0 Å². The van der Waals surface area contributed by atoms with Crippen molar-refractivity contribution in [1.29, 1.82) is 0 Å². The van der Waals surface area contributed by atoms with Gasteiger partial charge in [-0.2, -0.15) is 0 Å². The second-order valence-electron chi connectivity index (χ2n) is 20.7. The molecule has 1 aromatic carbocycles. The molecular weight excluding hydrogens is 947 g/mol. The van der Waals surface area contributed by atoms with Gasteiger partial charge in [-0.15, -0.1) is 0 Å². The molecule has 10 atom stereocenters. The van der Waals surface area contributed by atoms with Gasteiger partial charge in [0, 0.05) is 66.4 Å². The number of likely N-dealkylation sites (tertiary alicyclic amines) is 1. The van der Waals surface area contributed by atoms with Gasteiger partial charge in [-0.25, -0.2) is 4.79 Å². The van der Waals surface area contributed by atoms with Crippen molar-refractivity contribution >= 4 is 47.3 Å². The van der Waals surface area contributed by atoms with Gasteiger partial charge >= 0.3 is 5.97 Å². The molecule has 1 aliphatic carbocycles. The lowest BCUT2D eigenvalue weighted by molar-refractivity contribution is -0.148. The molecule has 7 amide bonds. The number of unbranched alkanes of at least 4 members (excludes halogenated alkanes) is 2. The lowest BCUT2D eigenvalue weighted by Crippen LogP contribution is -2.55. The zero-order valence-corrected chi connectivity index (χ0v) is 46.5. The highest BCUT2D eigenvalue weighted by Crippen LogP contribution is 2.42. The maximum atomic E-state index is 14.3. The molecule has 0 spiro atoms. The molecular formula is C56H89N7O11. The summed E-state index contributed by atoms with van der Waals surface area (Å²) >= 11 is 0. The summed E-state index contributed by atoms with van der Waals surface area (Å²) < 4.78 is 17.0. The van der Waals surface area contributed by atoms with E-state index < -0.39 is 60.1 Å². The molecule has 18 heteroatoms. The number of hydrogen-bond donors (Lipinski definition) is 3. The minimum absolute atomic E-state index is 0.0243. The fourth-order valence-corrected chi connectivity index (χ4v) is 10.5. The van der Waals surface area contributed by atoms with Crippen LogP contribution in [-0.4, -0.2) is 165 Å². The first-order chi connectivity index (χ1) is 35.1. The second-order valence-corrected chi connectivity index (χ2v) is 20.7. The van der Waals surface area contributed by atoms with Gasteiger partial charge < -0.3 is 40.0 Å². The van der Waals surface area contributed by atoms with E-state index in [1.807, 2.05) is 78.1 Å². The van der Waals surface area contributed by atoms with Gasteiger partial charge in [0.1, 0.15) is 6.04 Å². The molecule has 74 heavy (non-hydrogen) atoms. The van der Waals surface area contributed by atoms with Crippen LogP contribution in [0.3, 0.4) is 0 Å². The number of nitrogens with zero attached hydrogens (tertiary/aromatic N) is 4. The van der Waals surface area contributed by atoms with Crippen LogP contribution in [0.5, 0.6) is 0 Å². The summed E-state index contributed by atoms with van der Waals surface area (Å²) in [6.07, 6.45) is 8.14. The van der Waals surface area contributed by atoms with Gasteiger partial charge in [0.15, 0.2) is 0 Å². The van der Waals surface area contributed by atoms with Crippen LogP contribution in [0, 0.1) is 29.6 Å². The number of benzene rings is 1. The Morgan fingerprint density at radius 3 is 2.19 bits per heavy atom. The third-order valence-corrected chi connectivity index (χ3v) is 14.9. The van der Waals surface area contributed by atoms with Crippen LogP contribution in [0.4, 0.5) is 0 Å². The summed E-state index contributed by atoms with van der Waals surface area (Å²) in [6.45, 7) is 17.6. The number of amides is 7. The van der Waals surface area contributed by atoms with E-state index >= 15 is 0 Å². The van der Waals surface area contributed by atoms with Crippen molar-refractivity contribution in [3.63, 3.8) is 0 Å². The minimum Gasteiger partial charge on any atom is -0.467 e. The van der Waals surface area contributed by atoms with E-state index in [1.54, 1.807) is 23.8 Å². The average Bonchev–Trinajstić information content (AvgIpc) is 3.93. The topological polar surface area (TPSA) is 213 Å². The van der Waals surface area contributed by atoms with E-state index in [-0.39, 0.29) is 60.8 Å². The summed E-state index contributed by atoms with van der Waals surface area (Å²) in [5.41, 5.74) is 1.65. The highest BCUT2D eigenvalue weighted by atomic mass is 16.5. The van der Waals surface area contributed by atoms with Crippen LogP contribution < -0.4 is 16.0 Å². The van der Waals surface area contributed by atoms with Crippen molar-refractivity contribution in [2.45, 2.75) is 155 Å². The molecule has 0 radical (unpaired) electrons. The zero-order valence-electron chi connectivity index (χ0n) is 46.5. The van der Waals surface area contributed by atoms with Crippen molar-refractivity contribution in [3.05, 3.63) is 60.3 Å². The molecule has 1 aliphatic heterocycles. The first-order valence-electron chi connectivity index (χ1n) is 26.6. The molecule has 3 rings (SSSR count). The Balaban J connectivity index is 1.55. The van der Waals surface area contributed by atoms with Crippen molar-refractivity contribution < 1.29 is 52.6 Å². The summed E-state index contributed by atoms with van der Waals surface area (Å²) in [4.78, 5) is 111. The minimum atomic E-state index is -0.912. The van der Waals surface area contributed by atoms with E-state index in [4.69, 9.17) is 14.2 Å². The summed E-state index contributed by atoms with van der Waals surface area (Å²) in [5, 5.41) is 8.74. The maximum absolute atomic E-state index is 14.3. The SMILES string of the molecule is C=CC(=O)N(CCCCCC(=O)N/C(C)=C/CC1CC1CN(C)C(C(=O)NCC(=O)N(C)C([C@@H](C)CC)[C@@H](CC(=O)N1CCCC1C(OC)[C@@H](C)C(=O)N[C@@H](Cc1ccccc1)C(=O)OC)OC)C(C)C)C(C)=O. The van der Waals surface area contributed by atoms with Crippen LogP contribution in [0.25, 0.3) is 0 Å². The largest absolute Gasteiger partial charge is 0.467 e. The quantitative estimate of drug-likeness (QED) is 0.0492. The first-order valence-corrected chi connectivity index (χ1v) is 26.6. The molecule has 6 unspecified atom stereocenters. The van der Waals surface area contributed by atoms with Crippen molar-refractivity contribution in [3.8, 4) is 0 Å². The Labute approximate surface area is 441 Å². The summed E-state index contributed by atoms with van der Waals surface area (Å²) in [5.74, 6) is -2.57. The Bertz CT molecular complexity index is 2070. The van der Waals surface area contributed by atoms with Crippen LogP contribution in [0.1, 0.15) is 118 Å². The van der Waals surface area contributed by atoms with Gasteiger partial charge in [0.25, 0.3) is 5.91 Å². The van der Waals surface area contributed by atoms with Gasteiger partial charge in [0.2, 0.25) is 35.4 Å². The molecule has 0 bridgehead atoms. The highest BCUT2D eigenvalue weighted by Gasteiger charge is 2.43. The number of methoxy groups -OCH3 is 3. The van der Waals surface area contributed by atoms with Crippen molar-refractivity contribution in [2.24, 2.45) is 29.6 Å². The smallest absolute Gasteiger partial charge is 0.328 e. The van der Waals surface area contributed by atoms with Gasteiger partial charge in [-0.1, -0.05) is 90.4 Å². The van der Waals surface area contributed by atoms with E-state index in [0.29, 0.717) is 76.4 Å². The fourth-order valence-electron chi connectivity index (χ4n) is 10.5. The number of carbonyl (C=O) groups excluding carboxylic acids is 8. The zero-order chi connectivity index (χ0) is 55.2. The van der Waals surface area contributed by atoms with Crippen LogP contribution in [0.15, 0.2) is 54.8 Å². The number of nitrogens with one attached hydrogen (secondary N) is 3. The Morgan fingerprint density at radius 1 is 0.905 bits per heavy atom. The molecule has 1 aromatic rings. The molecule has 1 heterocycles. The molecule has 2 fully saturated rings. The van der Waals surface area contributed by atoms with Gasteiger partial charge in [-0.05, 0) is 87.8 Å². The van der Waals surface area contributed by atoms with E-state index in [0.717, 1.165) is 35.1 Å². The third-order valence-electron chi connectivity index (χ3n) is 14.9. The highest BCUT2D eigenvalue weighted by molar-refractivity contribution is 5.99. The van der Waals surface area contributed by atoms with E-state index in [9.17, 15) is 38.4 Å². The number of ether oxygens (including phenoxy) is 3. The number of likely N-dealkylation sites (N-methyl/N-ethyl adjacent to an activating group) is 2. The average molecular weight is 1040 g/mol. The third kappa shape index (κ3) is 19.0. The lowest BCUT2D eigenvalue weighted by Gasteiger charge is -2.39. The van der Waals surface area contributed by atoms with Gasteiger partial charge in [-0.3, -0.25) is 43.4 Å².